The molecule has 0 aliphatic carbocycles. The third kappa shape index (κ3) is 7.06. The Hall–Kier alpha value is -0.0400. The maximum atomic E-state index is 2.53. The zero-order valence-electron chi connectivity index (χ0n) is 10.4. The van der Waals surface area contributed by atoms with Crippen LogP contribution in [0.5, 0.6) is 0 Å². The topological polar surface area (TPSA) is 3.24 Å². The second-order valence-corrected chi connectivity index (χ2v) is 5.39. The Labute approximate surface area is 84.5 Å². The third-order valence-electron chi connectivity index (χ3n) is 2.51. The average Bonchev–Trinajstić information content (AvgIpc) is 1.95. The molecule has 0 amide bonds. The number of nitrogens with zero attached hydrogens (tertiary/aromatic N) is 1. The average molecular weight is 185 g/mol. The highest BCUT2D eigenvalue weighted by molar-refractivity contribution is 4.65. The van der Waals surface area contributed by atoms with Crippen LogP contribution in [0.3, 0.4) is 0 Å². The van der Waals surface area contributed by atoms with E-state index in [2.05, 4.69) is 46.4 Å². The zero-order valence-corrected chi connectivity index (χ0v) is 10.4. The Kier molecular flexibility index (Phi) is 5.62. The third-order valence-corrected chi connectivity index (χ3v) is 2.51. The summed E-state index contributed by atoms with van der Waals surface area (Å²) in [6.07, 6.45) is 2.66. The second-order valence-electron chi connectivity index (χ2n) is 5.39. The van der Waals surface area contributed by atoms with Gasteiger partial charge in [-0.2, -0.15) is 0 Å². The lowest BCUT2D eigenvalue weighted by Crippen LogP contribution is -2.31. The molecular formula is C12H27N. The smallest absolute Gasteiger partial charge is 0.00384 e. The predicted octanol–water partition coefficient (Wildman–Crippen LogP) is 3.54. The maximum absolute atomic E-state index is 2.53. The predicted molar refractivity (Wildman–Crippen MR) is 61.1 cm³/mol. The van der Waals surface area contributed by atoms with Gasteiger partial charge < -0.3 is 4.90 Å². The van der Waals surface area contributed by atoms with Crippen LogP contribution in [0.2, 0.25) is 0 Å². The van der Waals surface area contributed by atoms with E-state index in [1.54, 1.807) is 0 Å². The summed E-state index contributed by atoms with van der Waals surface area (Å²) in [6.45, 7) is 16.2. The van der Waals surface area contributed by atoms with Gasteiger partial charge in [-0.3, -0.25) is 0 Å². The van der Waals surface area contributed by atoms with Crippen LogP contribution < -0.4 is 0 Å². The van der Waals surface area contributed by atoms with Gasteiger partial charge in [0.2, 0.25) is 0 Å². The molecule has 0 aromatic heterocycles. The summed E-state index contributed by atoms with van der Waals surface area (Å²) < 4.78 is 0. The lowest BCUT2D eigenvalue weighted by Gasteiger charge is -2.26. The number of hydrogen-bond donors (Lipinski definition) is 0. The van der Waals surface area contributed by atoms with Crippen molar-refractivity contribution >= 4 is 0 Å². The fourth-order valence-corrected chi connectivity index (χ4v) is 1.59. The summed E-state index contributed by atoms with van der Waals surface area (Å²) in [4.78, 5) is 2.53. The van der Waals surface area contributed by atoms with E-state index in [1.807, 2.05) is 0 Å². The van der Waals surface area contributed by atoms with Crippen LogP contribution in [0.1, 0.15) is 54.4 Å². The molecule has 13 heavy (non-hydrogen) atoms. The maximum Gasteiger partial charge on any atom is 0.00384 e. The van der Waals surface area contributed by atoms with Crippen LogP contribution in [-0.2, 0) is 0 Å². The Balaban J connectivity index is 3.62. The van der Waals surface area contributed by atoms with Crippen LogP contribution in [0.4, 0.5) is 0 Å². The highest BCUT2D eigenvalue weighted by atomic mass is 15.1. The van der Waals surface area contributed by atoms with E-state index in [0.29, 0.717) is 11.5 Å². The van der Waals surface area contributed by atoms with E-state index in [9.17, 15) is 0 Å². The molecule has 1 heteroatoms. The molecule has 0 aliphatic rings. The first kappa shape index (κ1) is 13.0. The minimum atomic E-state index is 0.496. The minimum absolute atomic E-state index is 0.496. The SMILES string of the molecule is CCN(CCCC(C)(C)C)C(C)C. The van der Waals surface area contributed by atoms with Gasteiger partial charge in [-0.1, -0.05) is 27.7 Å². The Morgan fingerprint density at radius 3 is 2.00 bits per heavy atom. The first-order valence-corrected chi connectivity index (χ1v) is 5.61. The summed E-state index contributed by atoms with van der Waals surface area (Å²) in [7, 11) is 0. The van der Waals surface area contributed by atoms with Crippen LogP contribution in [-0.4, -0.2) is 24.0 Å². The van der Waals surface area contributed by atoms with Crippen molar-refractivity contribution in [1.82, 2.24) is 4.90 Å². The first-order chi connectivity index (χ1) is 5.87. The molecule has 0 aliphatic heterocycles. The minimum Gasteiger partial charge on any atom is -0.301 e. The molecule has 0 aromatic carbocycles. The fourth-order valence-electron chi connectivity index (χ4n) is 1.59. The second kappa shape index (κ2) is 5.64. The molecule has 0 saturated heterocycles. The molecule has 0 N–H and O–H groups in total. The van der Waals surface area contributed by atoms with Crippen molar-refractivity contribution in [3.05, 3.63) is 0 Å². The molecule has 0 bridgehead atoms. The van der Waals surface area contributed by atoms with E-state index in [-0.39, 0.29) is 0 Å². The van der Waals surface area contributed by atoms with Crippen LogP contribution in [0, 0.1) is 5.41 Å². The Morgan fingerprint density at radius 2 is 1.69 bits per heavy atom. The molecule has 0 saturated carbocycles. The van der Waals surface area contributed by atoms with Crippen molar-refractivity contribution in [2.75, 3.05) is 13.1 Å². The molecule has 0 fully saturated rings. The van der Waals surface area contributed by atoms with E-state index in [4.69, 9.17) is 0 Å². The summed E-state index contributed by atoms with van der Waals surface area (Å²) in [5, 5.41) is 0. The van der Waals surface area contributed by atoms with Gasteiger partial charge in [0.05, 0.1) is 0 Å². The standard InChI is InChI=1S/C12H27N/c1-7-13(11(2)3)10-8-9-12(4,5)6/h11H,7-10H2,1-6H3. The zero-order chi connectivity index (χ0) is 10.5. The summed E-state index contributed by atoms with van der Waals surface area (Å²) in [5.41, 5.74) is 0.496. The molecule has 80 valence electrons. The molecule has 0 radical (unpaired) electrons. The van der Waals surface area contributed by atoms with Gasteiger partial charge in [0, 0.05) is 6.04 Å². The van der Waals surface area contributed by atoms with Gasteiger partial charge in [0.25, 0.3) is 0 Å². The van der Waals surface area contributed by atoms with Crippen molar-refractivity contribution in [3.63, 3.8) is 0 Å². The highest BCUT2D eigenvalue weighted by Crippen LogP contribution is 2.20. The largest absolute Gasteiger partial charge is 0.301 e. The van der Waals surface area contributed by atoms with Crippen molar-refractivity contribution in [2.24, 2.45) is 5.41 Å². The number of rotatable bonds is 5. The molecular weight excluding hydrogens is 158 g/mol. The van der Waals surface area contributed by atoms with Crippen LogP contribution >= 0.6 is 0 Å². The van der Waals surface area contributed by atoms with Crippen LogP contribution in [0.15, 0.2) is 0 Å². The van der Waals surface area contributed by atoms with E-state index in [0.717, 1.165) is 0 Å². The normalized spacial score (nSPS) is 12.9. The Bertz CT molecular complexity index is 122. The van der Waals surface area contributed by atoms with Gasteiger partial charge in [-0.25, -0.2) is 0 Å². The first-order valence-electron chi connectivity index (χ1n) is 5.61. The van der Waals surface area contributed by atoms with Gasteiger partial charge >= 0.3 is 0 Å². The van der Waals surface area contributed by atoms with Crippen molar-refractivity contribution < 1.29 is 0 Å². The van der Waals surface area contributed by atoms with Crippen LogP contribution in [0.25, 0.3) is 0 Å². The van der Waals surface area contributed by atoms with E-state index in [1.165, 1.54) is 25.9 Å². The Morgan fingerprint density at radius 1 is 1.15 bits per heavy atom. The van der Waals surface area contributed by atoms with Gasteiger partial charge in [0.15, 0.2) is 0 Å². The highest BCUT2D eigenvalue weighted by Gasteiger charge is 2.11. The fraction of sp³-hybridized carbons (Fsp3) is 1.00. The van der Waals surface area contributed by atoms with Gasteiger partial charge in [-0.15, -0.1) is 0 Å². The summed E-state index contributed by atoms with van der Waals surface area (Å²) >= 11 is 0. The lowest BCUT2D eigenvalue weighted by molar-refractivity contribution is 0.215. The van der Waals surface area contributed by atoms with Crippen molar-refractivity contribution in [3.8, 4) is 0 Å². The quantitative estimate of drug-likeness (QED) is 0.633. The molecule has 0 aromatic rings. The summed E-state index contributed by atoms with van der Waals surface area (Å²) in [6, 6.07) is 0.699. The van der Waals surface area contributed by atoms with Gasteiger partial charge in [0.1, 0.15) is 0 Å². The lowest BCUT2D eigenvalue weighted by atomic mass is 9.90. The number of hydrogen-bond acceptors (Lipinski definition) is 1. The van der Waals surface area contributed by atoms with E-state index >= 15 is 0 Å². The summed E-state index contributed by atoms with van der Waals surface area (Å²) in [5.74, 6) is 0. The van der Waals surface area contributed by atoms with Crippen molar-refractivity contribution in [2.45, 2.75) is 60.4 Å². The molecule has 0 atom stereocenters. The van der Waals surface area contributed by atoms with Crippen molar-refractivity contribution in [1.29, 1.82) is 0 Å². The molecule has 0 unspecified atom stereocenters. The van der Waals surface area contributed by atoms with E-state index < -0.39 is 0 Å². The molecule has 0 rings (SSSR count). The molecule has 0 spiro atoms. The van der Waals surface area contributed by atoms with Gasteiger partial charge in [-0.05, 0) is 45.2 Å². The monoisotopic (exact) mass is 185 g/mol. The molecule has 0 heterocycles. The molecule has 1 nitrogen and oxygen atoms in total.